The number of nitrogens with zero attached hydrogens (tertiary/aromatic N) is 1. The number of esters is 1. The highest BCUT2D eigenvalue weighted by molar-refractivity contribution is 6.15. The summed E-state index contributed by atoms with van der Waals surface area (Å²) in [7, 11) is 3.26. The Morgan fingerprint density at radius 2 is 2.00 bits per heavy atom. The number of carbonyl (C=O) groups is 2. The highest BCUT2D eigenvalue weighted by atomic mass is 16.6. The van der Waals surface area contributed by atoms with Crippen LogP contribution in [0.5, 0.6) is 11.5 Å². The lowest BCUT2D eigenvalue weighted by molar-refractivity contribution is -0.147. The zero-order valence-corrected chi connectivity index (χ0v) is 15.8. The molecule has 3 aromatic rings. The molecule has 0 fully saturated rings. The molecule has 1 aliphatic rings. The van der Waals surface area contributed by atoms with E-state index in [1.807, 2.05) is 42.1 Å². The molecule has 0 radical (unpaired) electrons. The highest BCUT2D eigenvalue weighted by Gasteiger charge is 2.28. The Morgan fingerprint density at radius 3 is 2.79 bits per heavy atom. The van der Waals surface area contributed by atoms with Crippen LogP contribution in [-0.2, 0) is 16.6 Å². The molecule has 0 saturated heterocycles. The number of aromatic nitrogens is 1. The van der Waals surface area contributed by atoms with E-state index in [1.165, 1.54) is 7.11 Å². The van der Waals surface area contributed by atoms with Crippen LogP contribution in [0.25, 0.3) is 17.0 Å². The van der Waals surface area contributed by atoms with Crippen LogP contribution in [0.4, 0.5) is 0 Å². The van der Waals surface area contributed by atoms with E-state index in [-0.39, 0.29) is 11.5 Å². The van der Waals surface area contributed by atoms with Gasteiger partial charge in [-0.15, -0.1) is 0 Å². The highest BCUT2D eigenvalue weighted by Crippen LogP contribution is 2.36. The van der Waals surface area contributed by atoms with Crippen LogP contribution >= 0.6 is 0 Å². The molecule has 0 saturated carbocycles. The fourth-order valence-electron chi connectivity index (χ4n) is 3.29. The SMILES string of the molecule is COC(=O)C(C)Oc1ccc2c(c1)O/C(=C\c1cn(C)c3ccccc13)C2=O. The first-order valence-corrected chi connectivity index (χ1v) is 8.85. The third-order valence-corrected chi connectivity index (χ3v) is 4.70. The number of ketones is 1. The zero-order valence-electron chi connectivity index (χ0n) is 15.8. The van der Waals surface area contributed by atoms with E-state index in [0.29, 0.717) is 17.1 Å². The van der Waals surface area contributed by atoms with Gasteiger partial charge in [-0.2, -0.15) is 0 Å². The van der Waals surface area contributed by atoms with Crippen LogP contribution in [0.15, 0.2) is 54.4 Å². The molecule has 6 heteroatoms. The molecule has 2 heterocycles. The van der Waals surface area contributed by atoms with E-state index < -0.39 is 12.1 Å². The molecule has 28 heavy (non-hydrogen) atoms. The van der Waals surface area contributed by atoms with Crippen molar-refractivity contribution in [3.05, 3.63) is 65.5 Å². The number of ether oxygens (including phenoxy) is 3. The molecule has 0 N–H and O–H groups in total. The van der Waals surface area contributed by atoms with Crippen molar-refractivity contribution in [2.75, 3.05) is 7.11 Å². The smallest absolute Gasteiger partial charge is 0.346 e. The normalized spacial score (nSPS) is 15.4. The summed E-state index contributed by atoms with van der Waals surface area (Å²) in [5, 5.41) is 1.04. The van der Waals surface area contributed by atoms with Gasteiger partial charge in [0.25, 0.3) is 0 Å². The van der Waals surface area contributed by atoms with Gasteiger partial charge in [0.2, 0.25) is 5.78 Å². The van der Waals surface area contributed by atoms with E-state index in [0.717, 1.165) is 16.5 Å². The summed E-state index contributed by atoms with van der Waals surface area (Å²) in [4.78, 5) is 24.2. The molecule has 1 unspecified atom stereocenters. The van der Waals surface area contributed by atoms with Crippen molar-refractivity contribution in [2.45, 2.75) is 13.0 Å². The lowest BCUT2D eigenvalue weighted by Gasteiger charge is -2.12. The fraction of sp³-hybridized carbons (Fsp3) is 0.182. The first kappa shape index (κ1) is 17.9. The number of hydrogen-bond acceptors (Lipinski definition) is 5. The van der Waals surface area contributed by atoms with Crippen molar-refractivity contribution in [3.8, 4) is 11.5 Å². The maximum atomic E-state index is 12.7. The van der Waals surface area contributed by atoms with Gasteiger partial charge in [-0.05, 0) is 31.2 Å². The van der Waals surface area contributed by atoms with Gasteiger partial charge < -0.3 is 18.8 Å². The van der Waals surface area contributed by atoms with Crippen molar-refractivity contribution in [1.29, 1.82) is 0 Å². The van der Waals surface area contributed by atoms with Crippen molar-refractivity contribution in [1.82, 2.24) is 4.57 Å². The maximum Gasteiger partial charge on any atom is 0.346 e. The number of fused-ring (bicyclic) bond motifs is 2. The van der Waals surface area contributed by atoms with Crippen LogP contribution in [0, 0.1) is 0 Å². The molecule has 1 aliphatic heterocycles. The molecule has 0 aliphatic carbocycles. The number of carbonyl (C=O) groups excluding carboxylic acids is 2. The molecule has 0 amide bonds. The van der Waals surface area contributed by atoms with Crippen LogP contribution < -0.4 is 9.47 Å². The lowest BCUT2D eigenvalue weighted by Crippen LogP contribution is -2.24. The van der Waals surface area contributed by atoms with E-state index >= 15 is 0 Å². The number of methoxy groups -OCH3 is 1. The van der Waals surface area contributed by atoms with Crippen molar-refractivity contribution < 1.29 is 23.8 Å². The Balaban J connectivity index is 1.63. The molecule has 0 bridgehead atoms. The number of aryl methyl sites for hydroxylation is 1. The first-order chi connectivity index (χ1) is 13.5. The molecular weight excluding hydrogens is 358 g/mol. The second-order valence-electron chi connectivity index (χ2n) is 6.59. The second-order valence-corrected chi connectivity index (χ2v) is 6.59. The van der Waals surface area contributed by atoms with E-state index in [1.54, 1.807) is 31.2 Å². The van der Waals surface area contributed by atoms with Crippen LogP contribution in [0.3, 0.4) is 0 Å². The summed E-state index contributed by atoms with van der Waals surface area (Å²) in [5.41, 5.74) is 2.44. The van der Waals surface area contributed by atoms with Crippen LogP contribution in [-0.4, -0.2) is 29.5 Å². The molecule has 142 valence electrons. The Hall–Kier alpha value is -3.54. The number of Topliss-reactive ketones (excluding diaryl/α,β-unsaturated/α-hetero) is 1. The standard InChI is InChI=1S/C22H19NO5/c1-13(22(25)26-3)27-15-8-9-17-19(11-15)28-20(21(17)24)10-14-12-23(2)18-7-5-4-6-16(14)18/h4-13H,1-3H3/b20-10-. The van der Waals surface area contributed by atoms with Crippen molar-refractivity contribution >= 4 is 28.7 Å². The number of rotatable bonds is 4. The lowest BCUT2D eigenvalue weighted by atomic mass is 10.1. The average molecular weight is 377 g/mol. The Kier molecular flexibility index (Phi) is 4.39. The summed E-state index contributed by atoms with van der Waals surface area (Å²) in [5.74, 6) is 0.427. The molecular formula is C22H19NO5. The van der Waals surface area contributed by atoms with E-state index in [4.69, 9.17) is 9.47 Å². The minimum Gasteiger partial charge on any atom is -0.479 e. The molecule has 1 atom stereocenters. The Morgan fingerprint density at radius 1 is 1.21 bits per heavy atom. The molecule has 1 aromatic heterocycles. The topological polar surface area (TPSA) is 66.8 Å². The molecule has 4 rings (SSSR count). The first-order valence-electron chi connectivity index (χ1n) is 8.85. The summed E-state index contributed by atoms with van der Waals surface area (Å²) >= 11 is 0. The van der Waals surface area contributed by atoms with Gasteiger partial charge in [0.1, 0.15) is 11.5 Å². The van der Waals surface area contributed by atoms with Crippen molar-refractivity contribution in [2.24, 2.45) is 7.05 Å². The van der Waals surface area contributed by atoms with Gasteiger partial charge >= 0.3 is 5.97 Å². The molecule has 2 aromatic carbocycles. The van der Waals surface area contributed by atoms with E-state index in [2.05, 4.69) is 4.74 Å². The number of hydrogen-bond donors (Lipinski definition) is 0. The number of para-hydroxylation sites is 1. The minimum absolute atomic E-state index is 0.185. The summed E-state index contributed by atoms with van der Waals surface area (Å²) < 4.78 is 18.0. The molecule has 0 spiro atoms. The predicted molar refractivity (Wildman–Crippen MR) is 104 cm³/mol. The van der Waals surface area contributed by atoms with Gasteiger partial charge in [0.15, 0.2) is 11.9 Å². The third-order valence-electron chi connectivity index (χ3n) is 4.70. The monoisotopic (exact) mass is 377 g/mol. The summed E-state index contributed by atoms with van der Waals surface area (Å²) in [6, 6.07) is 12.9. The van der Waals surface area contributed by atoms with Gasteiger partial charge in [-0.3, -0.25) is 4.79 Å². The van der Waals surface area contributed by atoms with Gasteiger partial charge in [-0.25, -0.2) is 4.79 Å². The van der Waals surface area contributed by atoms with Gasteiger partial charge in [-0.1, -0.05) is 18.2 Å². The fourth-order valence-corrected chi connectivity index (χ4v) is 3.29. The van der Waals surface area contributed by atoms with Crippen LogP contribution in [0.1, 0.15) is 22.8 Å². The number of benzene rings is 2. The minimum atomic E-state index is -0.758. The zero-order chi connectivity index (χ0) is 19.8. The Bertz CT molecular complexity index is 1130. The van der Waals surface area contributed by atoms with E-state index in [9.17, 15) is 9.59 Å². The largest absolute Gasteiger partial charge is 0.479 e. The molecule has 6 nitrogen and oxygen atoms in total. The maximum absolute atomic E-state index is 12.7. The Labute approximate surface area is 161 Å². The predicted octanol–water partition coefficient (Wildman–Crippen LogP) is 3.73. The quantitative estimate of drug-likeness (QED) is 0.512. The summed E-state index contributed by atoms with van der Waals surface area (Å²) in [6.07, 6.45) is 2.96. The average Bonchev–Trinajstić information content (AvgIpc) is 3.18. The third kappa shape index (κ3) is 3.03. The second kappa shape index (κ2) is 6.88. The van der Waals surface area contributed by atoms with Gasteiger partial charge in [0, 0.05) is 35.8 Å². The van der Waals surface area contributed by atoms with Crippen molar-refractivity contribution in [3.63, 3.8) is 0 Å². The number of allylic oxidation sites excluding steroid dienone is 1. The van der Waals surface area contributed by atoms with Crippen LogP contribution in [0.2, 0.25) is 0 Å². The van der Waals surface area contributed by atoms with Gasteiger partial charge in [0.05, 0.1) is 12.7 Å². The summed E-state index contributed by atoms with van der Waals surface area (Å²) in [6.45, 7) is 1.59.